The molecule has 0 saturated carbocycles. The molecule has 4 heteroatoms. The molecule has 4 aromatic carbocycles. The maximum absolute atomic E-state index is 9.68. The first-order valence-electron chi connectivity index (χ1n) is 8.63. The van der Waals surface area contributed by atoms with Gasteiger partial charge in [0.15, 0.2) is 0 Å². The van der Waals surface area contributed by atoms with Gasteiger partial charge in [0.25, 0.3) is 0 Å². The predicted octanol–water partition coefficient (Wildman–Crippen LogP) is 6.23. The minimum Gasteiger partial charge on any atom is -0.508 e. The molecule has 4 rings (SSSR count). The molecule has 0 fully saturated rings. The summed E-state index contributed by atoms with van der Waals surface area (Å²) in [5.41, 5.74) is 6.00. The van der Waals surface area contributed by atoms with E-state index in [1.54, 1.807) is 36.4 Å². The van der Waals surface area contributed by atoms with Crippen molar-refractivity contribution >= 4 is 12.4 Å². The number of hydrogen-bond acceptors (Lipinski definition) is 3. The second-order valence-electron chi connectivity index (χ2n) is 6.37. The molecule has 140 valence electrons. The summed E-state index contributed by atoms with van der Waals surface area (Å²) in [5, 5.41) is 28.9. The van der Waals surface area contributed by atoms with E-state index in [2.05, 4.69) is 0 Å². The molecule has 0 aliphatic heterocycles. The average molecular weight is 391 g/mol. The molecule has 0 spiro atoms. The van der Waals surface area contributed by atoms with Gasteiger partial charge in [-0.1, -0.05) is 54.6 Å². The standard InChI is InChI=1S/C24H18O3.ClH/c25-19-10-4-16(5-11-19)22-2-1-3-23(17-6-12-20(26)13-7-17)24(22)18-8-14-21(27)15-9-18;/h1-15,25-27H;1H. The molecule has 0 bridgehead atoms. The van der Waals surface area contributed by atoms with Crippen LogP contribution in [0, 0.1) is 0 Å². The molecular weight excluding hydrogens is 372 g/mol. The molecule has 0 aliphatic rings. The number of benzene rings is 4. The molecule has 0 saturated heterocycles. The van der Waals surface area contributed by atoms with Gasteiger partial charge in [0, 0.05) is 0 Å². The molecule has 0 aromatic heterocycles. The van der Waals surface area contributed by atoms with E-state index in [1.807, 2.05) is 54.6 Å². The lowest BCUT2D eigenvalue weighted by Crippen LogP contribution is -1.90. The van der Waals surface area contributed by atoms with E-state index in [4.69, 9.17) is 0 Å². The number of rotatable bonds is 3. The number of halogens is 1. The van der Waals surface area contributed by atoms with E-state index in [1.165, 1.54) is 0 Å². The van der Waals surface area contributed by atoms with Crippen LogP contribution in [-0.2, 0) is 0 Å². The fourth-order valence-corrected chi connectivity index (χ4v) is 3.25. The summed E-state index contributed by atoms with van der Waals surface area (Å²) >= 11 is 0. The Bertz CT molecular complexity index is 1010. The lowest BCUT2D eigenvalue weighted by atomic mass is 9.87. The molecule has 3 N–H and O–H groups in total. The first kappa shape index (κ1) is 19.3. The van der Waals surface area contributed by atoms with Gasteiger partial charge in [-0.2, -0.15) is 0 Å². The van der Waals surface area contributed by atoms with Crippen LogP contribution in [0.25, 0.3) is 33.4 Å². The highest BCUT2D eigenvalue weighted by molar-refractivity contribution is 5.94. The van der Waals surface area contributed by atoms with Gasteiger partial charge in [0.1, 0.15) is 17.2 Å². The number of aromatic hydroxyl groups is 3. The molecule has 0 unspecified atom stereocenters. The molecular formula is C24H19ClO3. The minimum absolute atomic E-state index is 0. The number of phenolic OH excluding ortho intramolecular Hbond substituents is 3. The summed E-state index contributed by atoms with van der Waals surface area (Å²) in [7, 11) is 0. The highest BCUT2D eigenvalue weighted by Gasteiger charge is 2.14. The molecule has 3 nitrogen and oxygen atoms in total. The van der Waals surface area contributed by atoms with E-state index >= 15 is 0 Å². The van der Waals surface area contributed by atoms with Crippen molar-refractivity contribution in [2.45, 2.75) is 0 Å². The minimum atomic E-state index is 0. The van der Waals surface area contributed by atoms with Gasteiger partial charge in [-0.15, -0.1) is 12.4 Å². The highest BCUT2D eigenvalue weighted by atomic mass is 35.5. The van der Waals surface area contributed by atoms with Crippen molar-refractivity contribution in [1.82, 2.24) is 0 Å². The monoisotopic (exact) mass is 390 g/mol. The summed E-state index contributed by atoms with van der Waals surface area (Å²) in [6, 6.07) is 27.4. The van der Waals surface area contributed by atoms with E-state index in [0.29, 0.717) is 0 Å². The van der Waals surface area contributed by atoms with Gasteiger partial charge < -0.3 is 15.3 Å². The number of phenols is 3. The van der Waals surface area contributed by atoms with Crippen molar-refractivity contribution in [3.8, 4) is 50.6 Å². The van der Waals surface area contributed by atoms with Crippen LogP contribution in [-0.4, -0.2) is 15.3 Å². The van der Waals surface area contributed by atoms with Gasteiger partial charge >= 0.3 is 0 Å². The first-order chi connectivity index (χ1) is 13.1. The Morgan fingerprint density at radius 2 is 0.714 bits per heavy atom. The molecule has 0 atom stereocenters. The molecule has 0 aliphatic carbocycles. The van der Waals surface area contributed by atoms with Gasteiger partial charge in [0.05, 0.1) is 0 Å². The number of hydrogen-bond donors (Lipinski definition) is 3. The third-order valence-corrected chi connectivity index (χ3v) is 4.58. The zero-order valence-electron chi connectivity index (χ0n) is 14.9. The lowest BCUT2D eigenvalue weighted by Gasteiger charge is -2.16. The Hall–Kier alpha value is -3.43. The summed E-state index contributed by atoms with van der Waals surface area (Å²) in [6.07, 6.45) is 0. The van der Waals surface area contributed by atoms with Crippen molar-refractivity contribution in [2.75, 3.05) is 0 Å². The second kappa shape index (κ2) is 8.07. The third kappa shape index (κ3) is 3.80. The topological polar surface area (TPSA) is 60.7 Å². The highest BCUT2D eigenvalue weighted by Crippen LogP contribution is 2.41. The second-order valence-corrected chi connectivity index (χ2v) is 6.37. The van der Waals surface area contributed by atoms with Crippen LogP contribution in [0.3, 0.4) is 0 Å². The SMILES string of the molecule is Cl.Oc1ccc(-c2cccc(-c3ccc(O)cc3)c2-c2ccc(O)cc2)cc1. The van der Waals surface area contributed by atoms with Crippen LogP contribution in [0.4, 0.5) is 0 Å². The summed E-state index contributed by atoms with van der Waals surface area (Å²) in [5.74, 6) is 0.659. The maximum Gasteiger partial charge on any atom is 0.115 e. The summed E-state index contributed by atoms with van der Waals surface area (Å²) in [6.45, 7) is 0. The molecule has 0 radical (unpaired) electrons. The van der Waals surface area contributed by atoms with Crippen molar-refractivity contribution in [2.24, 2.45) is 0 Å². The predicted molar refractivity (Wildman–Crippen MR) is 115 cm³/mol. The third-order valence-electron chi connectivity index (χ3n) is 4.58. The maximum atomic E-state index is 9.68. The van der Waals surface area contributed by atoms with Crippen LogP contribution in [0.15, 0.2) is 91.0 Å². The average Bonchev–Trinajstić information content (AvgIpc) is 2.69. The zero-order valence-corrected chi connectivity index (χ0v) is 15.7. The Labute approximate surface area is 169 Å². The van der Waals surface area contributed by atoms with E-state index in [-0.39, 0.29) is 29.7 Å². The fourth-order valence-electron chi connectivity index (χ4n) is 3.25. The fraction of sp³-hybridized carbons (Fsp3) is 0. The Kier molecular flexibility index (Phi) is 5.57. The van der Waals surface area contributed by atoms with Gasteiger partial charge in [-0.3, -0.25) is 0 Å². The van der Waals surface area contributed by atoms with Crippen LogP contribution in [0.1, 0.15) is 0 Å². The smallest absolute Gasteiger partial charge is 0.115 e. The van der Waals surface area contributed by atoms with Crippen molar-refractivity contribution in [1.29, 1.82) is 0 Å². The summed E-state index contributed by atoms with van der Waals surface area (Å²) in [4.78, 5) is 0. The Morgan fingerprint density at radius 3 is 1.07 bits per heavy atom. The van der Waals surface area contributed by atoms with Gasteiger partial charge in [-0.25, -0.2) is 0 Å². The van der Waals surface area contributed by atoms with Crippen molar-refractivity contribution < 1.29 is 15.3 Å². The lowest BCUT2D eigenvalue weighted by molar-refractivity contribution is 0.475. The van der Waals surface area contributed by atoms with E-state index in [0.717, 1.165) is 33.4 Å². The quantitative estimate of drug-likeness (QED) is 0.388. The van der Waals surface area contributed by atoms with Crippen LogP contribution in [0.2, 0.25) is 0 Å². The summed E-state index contributed by atoms with van der Waals surface area (Å²) < 4.78 is 0. The first-order valence-corrected chi connectivity index (χ1v) is 8.63. The molecule has 4 aromatic rings. The zero-order chi connectivity index (χ0) is 18.8. The van der Waals surface area contributed by atoms with Crippen molar-refractivity contribution in [3.63, 3.8) is 0 Å². The van der Waals surface area contributed by atoms with Crippen LogP contribution >= 0.6 is 12.4 Å². The van der Waals surface area contributed by atoms with Gasteiger partial charge in [-0.05, 0) is 69.8 Å². The molecule has 28 heavy (non-hydrogen) atoms. The van der Waals surface area contributed by atoms with E-state index in [9.17, 15) is 15.3 Å². The van der Waals surface area contributed by atoms with Crippen LogP contribution < -0.4 is 0 Å². The normalized spacial score (nSPS) is 10.3. The Balaban J connectivity index is 0.00000225. The van der Waals surface area contributed by atoms with E-state index < -0.39 is 0 Å². The van der Waals surface area contributed by atoms with Crippen LogP contribution in [0.5, 0.6) is 17.2 Å². The molecule has 0 heterocycles. The Morgan fingerprint density at radius 1 is 0.393 bits per heavy atom. The van der Waals surface area contributed by atoms with Crippen molar-refractivity contribution in [3.05, 3.63) is 91.0 Å². The molecule has 0 amide bonds. The van der Waals surface area contributed by atoms with Gasteiger partial charge in [0.2, 0.25) is 0 Å². The largest absolute Gasteiger partial charge is 0.508 e.